The molecule has 1 fully saturated rings. The van der Waals surface area contributed by atoms with Crippen molar-refractivity contribution in [3.63, 3.8) is 0 Å². The Morgan fingerprint density at radius 1 is 1.47 bits per heavy atom. The van der Waals surface area contributed by atoms with E-state index in [0.717, 1.165) is 25.7 Å². The third-order valence-corrected chi connectivity index (χ3v) is 3.30. The number of rotatable bonds is 5. The number of nitrogens with zero attached hydrogens (tertiary/aromatic N) is 3. The predicted octanol–water partition coefficient (Wildman–Crippen LogP) is 0.0895. The number of nitrogens with one attached hydrogen (secondary N) is 1. The zero-order valence-corrected chi connectivity index (χ0v) is 9.80. The molecule has 1 aliphatic rings. The van der Waals surface area contributed by atoms with E-state index in [2.05, 4.69) is 15.4 Å². The number of aromatic nitrogens is 3. The van der Waals surface area contributed by atoms with Crippen LogP contribution in [0.4, 0.5) is 0 Å². The largest absolute Gasteiger partial charge is 0.394 e. The van der Waals surface area contributed by atoms with Crippen molar-refractivity contribution in [2.24, 2.45) is 0 Å². The van der Waals surface area contributed by atoms with Crippen LogP contribution in [-0.4, -0.2) is 37.9 Å². The monoisotopic (exact) mass is 238 g/mol. The first-order valence-corrected chi connectivity index (χ1v) is 5.98. The lowest BCUT2D eigenvalue weighted by Gasteiger charge is -2.27. The van der Waals surface area contributed by atoms with E-state index in [1.807, 2.05) is 0 Å². The standard InChI is InChI=1S/C11H18N4O2/c16-7-11(4-1-2-5-11)14-10(17)3-6-15-9-12-8-13-15/h8-9,16H,1-7H2,(H,14,17). The summed E-state index contributed by atoms with van der Waals surface area (Å²) in [4.78, 5) is 15.6. The molecule has 0 radical (unpaired) electrons. The van der Waals surface area contributed by atoms with Crippen LogP contribution in [0.2, 0.25) is 0 Å². The molecule has 6 heteroatoms. The van der Waals surface area contributed by atoms with E-state index in [1.54, 1.807) is 11.0 Å². The molecular formula is C11H18N4O2. The molecule has 0 aromatic carbocycles. The minimum Gasteiger partial charge on any atom is -0.394 e. The van der Waals surface area contributed by atoms with Gasteiger partial charge in [-0.15, -0.1) is 0 Å². The molecule has 1 aliphatic carbocycles. The van der Waals surface area contributed by atoms with Crippen LogP contribution in [0.25, 0.3) is 0 Å². The smallest absolute Gasteiger partial charge is 0.222 e. The zero-order chi connectivity index (χ0) is 12.1. The number of carbonyl (C=O) groups excluding carboxylic acids is 1. The van der Waals surface area contributed by atoms with Gasteiger partial charge in [0.25, 0.3) is 0 Å². The third kappa shape index (κ3) is 3.03. The highest BCUT2D eigenvalue weighted by molar-refractivity contribution is 5.76. The number of amides is 1. The second-order valence-electron chi connectivity index (χ2n) is 4.60. The minimum atomic E-state index is -0.376. The maximum absolute atomic E-state index is 11.8. The van der Waals surface area contributed by atoms with Crippen molar-refractivity contribution in [2.75, 3.05) is 6.61 Å². The quantitative estimate of drug-likeness (QED) is 0.762. The Kier molecular flexibility index (Phi) is 3.73. The molecule has 17 heavy (non-hydrogen) atoms. The van der Waals surface area contributed by atoms with Crippen LogP contribution in [-0.2, 0) is 11.3 Å². The maximum Gasteiger partial charge on any atom is 0.222 e. The van der Waals surface area contributed by atoms with Crippen molar-refractivity contribution in [2.45, 2.75) is 44.2 Å². The molecule has 1 saturated carbocycles. The fourth-order valence-corrected chi connectivity index (χ4v) is 2.30. The van der Waals surface area contributed by atoms with Gasteiger partial charge in [0.2, 0.25) is 5.91 Å². The van der Waals surface area contributed by atoms with Gasteiger partial charge in [-0.2, -0.15) is 5.10 Å². The summed E-state index contributed by atoms with van der Waals surface area (Å²) >= 11 is 0. The van der Waals surface area contributed by atoms with Crippen LogP contribution >= 0.6 is 0 Å². The van der Waals surface area contributed by atoms with Crippen LogP contribution in [0.3, 0.4) is 0 Å². The molecule has 2 N–H and O–H groups in total. The third-order valence-electron chi connectivity index (χ3n) is 3.30. The van der Waals surface area contributed by atoms with Gasteiger partial charge in [-0.1, -0.05) is 12.8 Å². The summed E-state index contributed by atoms with van der Waals surface area (Å²) in [5.74, 6) is -0.0311. The van der Waals surface area contributed by atoms with Crippen molar-refractivity contribution in [3.8, 4) is 0 Å². The van der Waals surface area contributed by atoms with E-state index >= 15 is 0 Å². The molecule has 1 heterocycles. The number of hydrogen-bond donors (Lipinski definition) is 2. The van der Waals surface area contributed by atoms with E-state index in [-0.39, 0.29) is 18.1 Å². The summed E-state index contributed by atoms with van der Waals surface area (Å²) in [6.07, 6.45) is 7.30. The molecule has 0 unspecified atom stereocenters. The topological polar surface area (TPSA) is 80.0 Å². The predicted molar refractivity (Wildman–Crippen MR) is 61.1 cm³/mol. The van der Waals surface area contributed by atoms with Gasteiger partial charge < -0.3 is 10.4 Å². The van der Waals surface area contributed by atoms with Gasteiger partial charge in [0.05, 0.1) is 18.7 Å². The molecule has 0 atom stereocenters. The average Bonchev–Trinajstić information content (AvgIpc) is 2.98. The molecular weight excluding hydrogens is 220 g/mol. The van der Waals surface area contributed by atoms with E-state index in [4.69, 9.17) is 0 Å². The zero-order valence-electron chi connectivity index (χ0n) is 9.80. The average molecular weight is 238 g/mol. The van der Waals surface area contributed by atoms with Crippen LogP contribution in [0.5, 0.6) is 0 Å². The number of aliphatic hydroxyl groups excluding tert-OH is 1. The van der Waals surface area contributed by atoms with Gasteiger partial charge >= 0.3 is 0 Å². The lowest BCUT2D eigenvalue weighted by atomic mass is 9.99. The molecule has 2 rings (SSSR count). The van der Waals surface area contributed by atoms with Crippen molar-refractivity contribution < 1.29 is 9.90 Å². The Labute approximate surface area is 100 Å². The Bertz CT molecular complexity index is 358. The highest BCUT2D eigenvalue weighted by atomic mass is 16.3. The van der Waals surface area contributed by atoms with E-state index in [1.165, 1.54) is 6.33 Å². The van der Waals surface area contributed by atoms with Crippen LogP contribution in [0, 0.1) is 0 Å². The molecule has 0 aliphatic heterocycles. The molecule has 1 amide bonds. The summed E-state index contributed by atoms with van der Waals surface area (Å²) in [7, 11) is 0. The lowest BCUT2D eigenvalue weighted by molar-refractivity contribution is -0.123. The van der Waals surface area contributed by atoms with Crippen LogP contribution in [0.1, 0.15) is 32.1 Å². The van der Waals surface area contributed by atoms with Crippen molar-refractivity contribution in [1.29, 1.82) is 0 Å². The number of carbonyl (C=O) groups is 1. The molecule has 1 aromatic rings. The highest BCUT2D eigenvalue weighted by Gasteiger charge is 2.34. The molecule has 1 aromatic heterocycles. The first-order valence-electron chi connectivity index (χ1n) is 5.98. The van der Waals surface area contributed by atoms with Gasteiger partial charge in [-0.3, -0.25) is 9.48 Å². The molecule has 94 valence electrons. The SMILES string of the molecule is O=C(CCn1cncn1)NC1(CO)CCCC1. The van der Waals surface area contributed by atoms with Gasteiger partial charge in [0.1, 0.15) is 12.7 Å². The second kappa shape index (κ2) is 5.27. The summed E-state index contributed by atoms with van der Waals surface area (Å²) in [5, 5.41) is 16.3. The lowest BCUT2D eigenvalue weighted by Crippen LogP contribution is -2.49. The Morgan fingerprint density at radius 3 is 2.82 bits per heavy atom. The number of aliphatic hydroxyl groups is 1. The second-order valence-corrected chi connectivity index (χ2v) is 4.60. The van der Waals surface area contributed by atoms with Gasteiger partial charge in [-0.05, 0) is 12.8 Å². The Hall–Kier alpha value is -1.43. The van der Waals surface area contributed by atoms with Gasteiger partial charge in [0.15, 0.2) is 0 Å². The molecule has 0 spiro atoms. The highest BCUT2D eigenvalue weighted by Crippen LogP contribution is 2.29. The van der Waals surface area contributed by atoms with E-state index in [0.29, 0.717) is 13.0 Å². The first kappa shape index (κ1) is 12.0. The number of aryl methyl sites for hydroxylation is 1. The summed E-state index contributed by atoms with van der Waals surface area (Å²) < 4.78 is 1.62. The van der Waals surface area contributed by atoms with Crippen LogP contribution in [0.15, 0.2) is 12.7 Å². The normalized spacial score (nSPS) is 18.2. The number of hydrogen-bond acceptors (Lipinski definition) is 4. The fourth-order valence-electron chi connectivity index (χ4n) is 2.30. The summed E-state index contributed by atoms with van der Waals surface area (Å²) in [5.41, 5.74) is -0.376. The minimum absolute atomic E-state index is 0.0298. The van der Waals surface area contributed by atoms with Crippen molar-refractivity contribution in [3.05, 3.63) is 12.7 Å². The summed E-state index contributed by atoms with van der Waals surface area (Å²) in [6.45, 7) is 0.551. The Morgan fingerprint density at radius 2 is 2.24 bits per heavy atom. The summed E-state index contributed by atoms with van der Waals surface area (Å²) in [6, 6.07) is 0. The first-order chi connectivity index (χ1) is 8.24. The molecule has 6 nitrogen and oxygen atoms in total. The Balaban J connectivity index is 1.80. The van der Waals surface area contributed by atoms with Gasteiger partial charge in [-0.25, -0.2) is 4.98 Å². The maximum atomic E-state index is 11.8. The van der Waals surface area contributed by atoms with Crippen molar-refractivity contribution in [1.82, 2.24) is 20.1 Å². The van der Waals surface area contributed by atoms with E-state index < -0.39 is 0 Å². The van der Waals surface area contributed by atoms with E-state index in [9.17, 15) is 9.90 Å². The molecule has 0 saturated heterocycles. The van der Waals surface area contributed by atoms with Crippen LogP contribution < -0.4 is 5.32 Å². The van der Waals surface area contributed by atoms with Gasteiger partial charge in [0, 0.05) is 6.42 Å². The fraction of sp³-hybridized carbons (Fsp3) is 0.727. The molecule has 0 bridgehead atoms. The van der Waals surface area contributed by atoms with Crippen molar-refractivity contribution >= 4 is 5.91 Å².